The molecule has 1 amide bonds. The Bertz CT molecular complexity index is 225. The Kier molecular flexibility index (Phi) is 5.68. The van der Waals surface area contributed by atoms with Crippen LogP contribution in [0.5, 0.6) is 0 Å². The number of carbonyl (C=O) groups excluding carboxylic acids is 1. The van der Waals surface area contributed by atoms with E-state index in [4.69, 9.17) is 4.74 Å². The number of unbranched alkanes of at least 4 members (excludes halogenated alkanes) is 1. The van der Waals surface area contributed by atoms with Crippen LogP contribution in [0.2, 0.25) is 0 Å². The molecule has 0 aliphatic rings. The van der Waals surface area contributed by atoms with Crippen LogP contribution in [0.1, 0.15) is 47.0 Å². The molecule has 0 aromatic heterocycles. The van der Waals surface area contributed by atoms with Crippen LogP contribution in [0.15, 0.2) is 0 Å². The van der Waals surface area contributed by atoms with E-state index >= 15 is 0 Å². The highest BCUT2D eigenvalue weighted by atomic mass is 19.3. The van der Waals surface area contributed by atoms with Crippen molar-refractivity contribution >= 4 is 6.09 Å². The van der Waals surface area contributed by atoms with E-state index in [0.717, 1.165) is 0 Å². The predicted octanol–water partition coefficient (Wildman–Crippen LogP) is 3.34. The molecule has 0 saturated heterocycles. The van der Waals surface area contributed by atoms with E-state index in [1.807, 2.05) is 6.92 Å². The Balaban J connectivity index is 3.90. The van der Waals surface area contributed by atoms with Gasteiger partial charge in [0.05, 0.1) is 6.54 Å². The number of alkyl carbamates (subject to hydrolysis) is 1. The van der Waals surface area contributed by atoms with Crippen molar-refractivity contribution in [1.82, 2.24) is 5.32 Å². The first kappa shape index (κ1) is 15.1. The summed E-state index contributed by atoms with van der Waals surface area (Å²) in [7, 11) is 0. The molecule has 0 aromatic rings. The molecule has 0 unspecified atom stereocenters. The second kappa shape index (κ2) is 6.01. The summed E-state index contributed by atoms with van der Waals surface area (Å²) in [6.07, 6.45) is 0.147. The summed E-state index contributed by atoms with van der Waals surface area (Å²) < 4.78 is 31.1. The average molecular weight is 237 g/mol. The Morgan fingerprint density at radius 2 is 1.88 bits per heavy atom. The van der Waals surface area contributed by atoms with Gasteiger partial charge in [-0.3, -0.25) is 0 Å². The Morgan fingerprint density at radius 1 is 1.31 bits per heavy atom. The number of alkyl halides is 2. The largest absolute Gasteiger partial charge is 0.444 e. The molecule has 0 aliphatic carbocycles. The zero-order chi connectivity index (χ0) is 12.8. The monoisotopic (exact) mass is 237 g/mol. The van der Waals surface area contributed by atoms with Gasteiger partial charge in [0.15, 0.2) is 0 Å². The maximum absolute atomic E-state index is 13.1. The minimum Gasteiger partial charge on any atom is -0.444 e. The van der Waals surface area contributed by atoms with Crippen LogP contribution >= 0.6 is 0 Å². The molecule has 0 rings (SSSR count). The van der Waals surface area contributed by atoms with Crippen LogP contribution in [0.25, 0.3) is 0 Å². The fourth-order valence-electron chi connectivity index (χ4n) is 1.04. The molecule has 0 spiro atoms. The predicted molar refractivity (Wildman–Crippen MR) is 58.7 cm³/mol. The molecule has 3 nitrogen and oxygen atoms in total. The molecule has 0 aliphatic heterocycles. The smallest absolute Gasteiger partial charge is 0.407 e. The topological polar surface area (TPSA) is 38.3 Å². The van der Waals surface area contributed by atoms with Crippen LogP contribution in [-0.2, 0) is 4.74 Å². The molecule has 0 heterocycles. The number of halogens is 2. The lowest BCUT2D eigenvalue weighted by Crippen LogP contribution is -2.39. The second-order valence-electron chi connectivity index (χ2n) is 4.81. The molecule has 1 N–H and O–H groups in total. The third kappa shape index (κ3) is 8.44. The van der Waals surface area contributed by atoms with Crippen LogP contribution in [0.3, 0.4) is 0 Å². The van der Waals surface area contributed by atoms with E-state index in [1.54, 1.807) is 20.8 Å². The van der Waals surface area contributed by atoms with Gasteiger partial charge < -0.3 is 10.1 Å². The molecule has 0 atom stereocenters. The lowest BCUT2D eigenvalue weighted by molar-refractivity contribution is -0.0134. The highest BCUT2D eigenvalue weighted by Gasteiger charge is 2.29. The molecule has 0 aromatic carbocycles. The lowest BCUT2D eigenvalue weighted by Gasteiger charge is -2.21. The first-order valence-corrected chi connectivity index (χ1v) is 5.51. The standard InChI is InChI=1S/C11H21F2NO2/c1-5-6-7-11(12,13)8-14-9(15)16-10(2,3)4/h5-8H2,1-4H3,(H,14,15). The molecular formula is C11H21F2NO2. The minimum atomic E-state index is -2.85. The van der Waals surface area contributed by atoms with Crippen molar-refractivity contribution < 1.29 is 18.3 Å². The molecule has 0 saturated carbocycles. The lowest BCUT2D eigenvalue weighted by atomic mass is 10.1. The first-order chi connectivity index (χ1) is 7.16. The van der Waals surface area contributed by atoms with Gasteiger partial charge in [-0.2, -0.15) is 0 Å². The number of hydrogen-bond donors (Lipinski definition) is 1. The van der Waals surface area contributed by atoms with E-state index in [2.05, 4.69) is 5.32 Å². The molecule has 16 heavy (non-hydrogen) atoms. The van der Waals surface area contributed by atoms with E-state index in [1.165, 1.54) is 0 Å². The van der Waals surface area contributed by atoms with E-state index in [-0.39, 0.29) is 6.42 Å². The number of hydrogen-bond acceptors (Lipinski definition) is 2. The van der Waals surface area contributed by atoms with Gasteiger partial charge in [0.1, 0.15) is 5.60 Å². The summed E-state index contributed by atoms with van der Waals surface area (Å²) in [6, 6.07) is 0. The molecule has 0 fully saturated rings. The normalized spacial score (nSPS) is 12.4. The van der Waals surface area contributed by atoms with E-state index < -0.39 is 24.2 Å². The van der Waals surface area contributed by atoms with Crippen LogP contribution in [0, 0.1) is 0 Å². The third-order valence-corrected chi connectivity index (χ3v) is 1.79. The minimum absolute atomic E-state index is 0.209. The SMILES string of the molecule is CCCCC(F)(F)CNC(=O)OC(C)(C)C. The summed E-state index contributed by atoms with van der Waals surface area (Å²) in [5.74, 6) is -2.85. The number of rotatable bonds is 5. The van der Waals surface area contributed by atoms with E-state index in [9.17, 15) is 13.6 Å². The van der Waals surface area contributed by atoms with Gasteiger partial charge in [-0.1, -0.05) is 13.3 Å². The highest BCUT2D eigenvalue weighted by molar-refractivity contribution is 5.67. The van der Waals surface area contributed by atoms with Gasteiger partial charge >= 0.3 is 6.09 Å². The summed E-state index contributed by atoms with van der Waals surface area (Å²) in [5, 5.41) is 2.08. The van der Waals surface area contributed by atoms with Gasteiger partial charge in [-0.25, -0.2) is 13.6 Å². The summed E-state index contributed by atoms with van der Waals surface area (Å²) in [6.45, 7) is 6.23. The van der Waals surface area contributed by atoms with Gasteiger partial charge in [0, 0.05) is 6.42 Å². The molecular weight excluding hydrogens is 216 g/mol. The third-order valence-electron chi connectivity index (χ3n) is 1.79. The van der Waals surface area contributed by atoms with Gasteiger partial charge in [-0.05, 0) is 27.2 Å². The quantitative estimate of drug-likeness (QED) is 0.796. The molecule has 96 valence electrons. The Labute approximate surface area is 95.5 Å². The summed E-state index contributed by atoms with van der Waals surface area (Å²) >= 11 is 0. The van der Waals surface area contributed by atoms with Crippen LogP contribution in [-0.4, -0.2) is 24.2 Å². The molecule has 5 heteroatoms. The summed E-state index contributed by atoms with van der Waals surface area (Å²) in [5.41, 5.74) is -0.664. The van der Waals surface area contributed by atoms with Gasteiger partial charge in [0.25, 0.3) is 5.92 Å². The van der Waals surface area contributed by atoms with Crippen molar-refractivity contribution in [2.24, 2.45) is 0 Å². The fraction of sp³-hybridized carbons (Fsp3) is 0.909. The zero-order valence-electron chi connectivity index (χ0n) is 10.4. The van der Waals surface area contributed by atoms with Crippen molar-refractivity contribution in [3.63, 3.8) is 0 Å². The average Bonchev–Trinajstić information content (AvgIpc) is 2.09. The van der Waals surface area contributed by atoms with Crippen molar-refractivity contribution in [1.29, 1.82) is 0 Å². The fourth-order valence-corrected chi connectivity index (χ4v) is 1.04. The first-order valence-electron chi connectivity index (χ1n) is 5.51. The maximum Gasteiger partial charge on any atom is 0.407 e. The van der Waals surface area contributed by atoms with Crippen molar-refractivity contribution in [2.75, 3.05) is 6.54 Å². The molecule has 0 radical (unpaired) electrons. The zero-order valence-corrected chi connectivity index (χ0v) is 10.4. The number of nitrogens with one attached hydrogen (secondary N) is 1. The van der Waals surface area contributed by atoms with Crippen LogP contribution in [0.4, 0.5) is 13.6 Å². The van der Waals surface area contributed by atoms with Gasteiger partial charge in [0.2, 0.25) is 0 Å². The number of ether oxygens (including phenoxy) is 1. The van der Waals surface area contributed by atoms with Crippen molar-refractivity contribution in [3.05, 3.63) is 0 Å². The number of carbonyl (C=O) groups is 1. The second-order valence-corrected chi connectivity index (χ2v) is 4.81. The van der Waals surface area contributed by atoms with E-state index in [0.29, 0.717) is 12.8 Å². The Hall–Kier alpha value is -0.870. The molecule has 0 bridgehead atoms. The summed E-state index contributed by atoms with van der Waals surface area (Å²) in [4.78, 5) is 11.1. The number of amides is 1. The van der Waals surface area contributed by atoms with Gasteiger partial charge in [-0.15, -0.1) is 0 Å². The Morgan fingerprint density at radius 3 is 2.31 bits per heavy atom. The van der Waals surface area contributed by atoms with Crippen LogP contribution < -0.4 is 5.32 Å². The van der Waals surface area contributed by atoms with Crippen molar-refractivity contribution in [2.45, 2.75) is 58.5 Å². The van der Waals surface area contributed by atoms with Crippen molar-refractivity contribution in [3.8, 4) is 0 Å². The maximum atomic E-state index is 13.1. The highest BCUT2D eigenvalue weighted by Crippen LogP contribution is 2.20.